The number of hydrogen-bond acceptors (Lipinski definition) is 7. The van der Waals surface area contributed by atoms with Gasteiger partial charge < -0.3 is 26.8 Å². The number of carbonyl (C=O) groups is 1. The van der Waals surface area contributed by atoms with Crippen molar-refractivity contribution in [3.63, 3.8) is 0 Å². The molecule has 2 aromatic rings. The maximum absolute atomic E-state index is 11.7. The van der Waals surface area contributed by atoms with E-state index in [0.717, 1.165) is 17.5 Å². The number of amides is 1. The van der Waals surface area contributed by atoms with Gasteiger partial charge in [-0.15, -0.1) is 0 Å². The van der Waals surface area contributed by atoms with Gasteiger partial charge in [0.25, 0.3) is 0 Å². The molecule has 0 bridgehead atoms. The second kappa shape index (κ2) is 10.0. The normalized spacial score (nSPS) is 10.3. The Kier molecular flexibility index (Phi) is 7.42. The summed E-state index contributed by atoms with van der Waals surface area (Å²) in [6, 6.07) is 7.78. The lowest BCUT2D eigenvalue weighted by Crippen LogP contribution is -2.24. The van der Waals surface area contributed by atoms with Gasteiger partial charge in [-0.2, -0.15) is 0 Å². The van der Waals surface area contributed by atoms with Gasteiger partial charge in [-0.3, -0.25) is 0 Å². The van der Waals surface area contributed by atoms with E-state index < -0.39 is 6.09 Å². The standard InChI is InChI=1S/C19H26N6O2/c1-3-14-7-6-8-15(11-14)12-23-19(26)27-10-5-4-9-22-18-16(20)17(21)24-13(2)25-18/h3,6-8,11H,1,4-5,9-10,12,20H2,2H3,(H,23,26)(H3,21,22,24,25). The Morgan fingerprint density at radius 3 is 2.89 bits per heavy atom. The Balaban J connectivity index is 1.61. The molecule has 0 radical (unpaired) electrons. The summed E-state index contributed by atoms with van der Waals surface area (Å²) in [6.07, 6.45) is 2.83. The van der Waals surface area contributed by atoms with Crippen LogP contribution in [-0.4, -0.2) is 29.2 Å². The molecule has 6 N–H and O–H groups in total. The number of aromatic nitrogens is 2. The van der Waals surface area contributed by atoms with Gasteiger partial charge in [0, 0.05) is 13.1 Å². The van der Waals surface area contributed by atoms with E-state index in [-0.39, 0.29) is 5.82 Å². The summed E-state index contributed by atoms with van der Waals surface area (Å²) in [5, 5.41) is 5.85. The number of nitrogens with one attached hydrogen (secondary N) is 2. The van der Waals surface area contributed by atoms with Crippen molar-refractivity contribution in [1.29, 1.82) is 0 Å². The molecule has 0 spiro atoms. The zero-order valence-corrected chi connectivity index (χ0v) is 15.5. The van der Waals surface area contributed by atoms with Crippen LogP contribution in [0.1, 0.15) is 29.8 Å². The third-order valence-electron chi connectivity index (χ3n) is 3.81. The fourth-order valence-electron chi connectivity index (χ4n) is 2.39. The first-order valence-electron chi connectivity index (χ1n) is 8.75. The number of rotatable bonds is 9. The van der Waals surface area contributed by atoms with Crippen molar-refractivity contribution in [2.45, 2.75) is 26.3 Å². The predicted molar refractivity (Wildman–Crippen MR) is 108 cm³/mol. The summed E-state index contributed by atoms with van der Waals surface area (Å²) in [7, 11) is 0. The molecule has 0 aliphatic rings. The fourth-order valence-corrected chi connectivity index (χ4v) is 2.39. The molecule has 0 aliphatic carbocycles. The molecular weight excluding hydrogens is 344 g/mol. The van der Waals surface area contributed by atoms with Crippen LogP contribution in [0.5, 0.6) is 0 Å². The number of nitrogen functional groups attached to an aromatic ring is 2. The largest absolute Gasteiger partial charge is 0.450 e. The number of aryl methyl sites for hydroxylation is 1. The van der Waals surface area contributed by atoms with Crippen LogP contribution in [0.25, 0.3) is 6.08 Å². The molecule has 0 aliphatic heterocycles. The first-order valence-corrected chi connectivity index (χ1v) is 8.75. The number of nitrogens with two attached hydrogens (primary N) is 2. The van der Waals surface area contributed by atoms with Crippen molar-refractivity contribution in [3.8, 4) is 0 Å². The van der Waals surface area contributed by atoms with Crippen molar-refractivity contribution < 1.29 is 9.53 Å². The minimum Gasteiger partial charge on any atom is -0.450 e. The van der Waals surface area contributed by atoms with Gasteiger partial charge in [-0.05, 0) is 37.0 Å². The van der Waals surface area contributed by atoms with E-state index in [4.69, 9.17) is 16.2 Å². The molecule has 1 aromatic heterocycles. The van der Waals surface area contributed by atoms with Crippen LogP contribution in [0.3, 0.4) is 0 Å². The predicted octanol–water partition coefficient (Wildman–Crippen LogP) is 2.71. The van der Waals surface area contributed by atoms with E-state index >= 15 is 0 Å². The molecule has 0 saturated carbocycles. The maximum atomic E-state index is 11.7. The number of alkyl carbamates (subject to hydrolysis) is 1. The Morgan fingerprint density at radius 2 is 2.11 bits per heavy atom. The average molecular weight is 370 g/mol. The Morgan fingerprint density at radius 1 is 1.30 bits per heavy atom. The van der Waals surface area contributed by atoms with E-state index in [2.05, 4.69) is 27.2 Å². The van der Waals surface area contributed by atoms with Crippen LogP contribution in [0.2, 0.25) is 0 Å². The number of anilines is 3. The summed E-state index contributed by atoms with van der Waals surface area (Å²) in [4.78, 5) is 19.9. The van der Waals surface area contributed by atoms with Crippen LogP contribution in [0.15, 0.2) is 30.8 Å². The lowest BCUT2D eigenvalue weighted by molar-refractivity contribution is 0.144. The van der Waals surface area contributed by atoms with Gasteiger partial charge in [-0.1, -0.05) is 30.9 Å². The van der Waals surface area contributed by atoms with Crippen molar-refractivity contribution in [3.05, 3.63) is 47.8 Å². The molecule has 2 rings (SSSR count). The van der Waals surface area contributed by atoms with Gasteiger partial charge in [0.05, 0.1) is 6.61 Å². The summed E-state index contributed by atoms with van der Waals surface area (Å²) < 4.78 is 5.17. The van der Waals surface area contributed by atoms with Crippen molar-refractivity contribution in [1.82, 2.24) is 15.3 Å². The third kappa shape index (κ3) is 6.50. The minimum atomic E-state index is -0.435. The molecular formula is C19H26N6O2. The van der Waals surface area contributed by atoms with E-state index in [1.54, 1.807) is 13.0 Å². The Hall–Kier alpha value is -3.29. The quantitative estimate of drug-likeness (QED) is 0.500. The lowest BCUT2D eigenvalue weighted by Gasteiger charge is -2.11. The summed E-state index contributed by atoms with van der Waals surface area (Å²) in [5.74, 6) is 1.35. The molecule has 0 fully saturated rings. The molecule has 8 heteroatoms. The van der Waals surface area contributed by atoms with Gasteiger partial charge in [-0.25, -0.2) is 14.8 Å². The highest BCUT2D eigenvalue weighted by Gasteiger charge is 2.07. The Labute approximate surface area is 159 Å². The SMILES string of the molecule is C=Cc1cccc(CNC(=O)OCCCCNc2nc(C)nc(N)c2N)c1. The van der Waals surface area contributed by atoms with Gasteiger partial charge in [0.2, 0.25) is 0 Å². The lowest BCUT2D eigenvalue weighted by atomic mass is 10.1. The minimum absolute atomic E-state index is 0.267. The van der Waals surface area contributed by atoms with Gasteiger partial charge >= 0.3 is 6.09 Å². The molecule has 1 heterocycles. The Bertz CT molecular complexity index is 794. The first-order chi connectivity index (χ1) is 13.0. The van der Waals surface area contributed by atoms with Crippen LogP contribution in [0.4, 0.5) is 22.1 Å². The zero-order chi connectivity index (χ0) is 19.6. The molecule has 0 atom stereocenters. The second-order valence-corrected chi connectivity index (χ2v) is 5.99. The molecule has 0 saturated heterocycles. The highest BCUT2D eigenvalue weighted by atomic mass is 16.5. The summed E-state index contributed by atoms with van der Waals surface area (Å²) >= 11 is 0. The van der Waals surface area contributed by atoms with E-state index in [9.17, 15) is 4.79 Å². The van der Waals surface area contributed by atoms with Gasteiger partial charge in [0.15, 0.2) is 11.6 Å². The van der Waals surface area contributed by atoms with E-state index in [1.807, 2.05) is 24.3 Å². The van der Waals surface area contributed by atoms with Crippen LogP contribution in [-0.2, 0) is 11.3 Å². The third-order valence-corrected chi connectivity index (χ3v) is 3.81. The highest BCUT2D eigenvalue weighted by Crippen LogP contribution is 2.20. The summed E-state index contributed by atoms with van der Waals surface area (Å²) in [6.45, 7) is 6.86. The number of hydrogen-bond donors (Lipinski definition) is 4. The summed E-state index contributed by atoms with van der Waals surface area (Å²) in [5.41, 5.74) is 13.9. The smallest absolute Gasteiger partial charge is 0.407 e. The highest BCUT2D eigenvalue weighted by molar-refractivity contribution is 5.72. The average Bonchev–Trinajstić information content (AvgIpc) is 2.66. The van der Waals surface area contributed by atoms with Crippen molar-refractivity contribution in [2.24, 2.45) is 0 Å². The molecule has 27 heavy (non-hydrogen) atoms. The van der Waals surface area contributed by atoms with Crippen molar-refractivity contribution in [2.75, 3.05) is 29.9 Å². The first kappa shape index (κ1) is 20.0. The van der Waals surface area contributed by atoms with E-state index in [0.29, 0.717) is 43.4 Å². The number of benzene rings is 1. The topological polar surface area (TPSA) is 128 Å². The molecule has 1 amide bonds. The maximum Gasteiger partial charge on any atom is 0.407 e. The van der Waals surface area contributed by atoms with Crippen molar-refractivity contribution >= 4 is 29.5 Å². The van der Waals surface area contributed by atoms with Crippen LogP contribution >= 0.6 is 0 Å². The van der Waals surface area contributed by atoms with E-state index in [1.165, 1.54) is 0 Å². The molecule has 0 unspecified atom stereocenters. The fraction of sp³-hybridized carbons (Fsp3) is 0.316. The number of ether oxygens (including phenoxy) is 1. The zero-order valence-electron chi connectivity index (χ0n) is 15.5. The molecule has 1 aromatic carbocycles. The number of nitrogens with zero attached hydrogens (tertiary/aromatic N) is 2. The van der Waals surface area contributed by atoms with Crippen LogP contribution < -0.4 is 22.1 Å². The second-order valence-electron chi connectivity index (χ2n) is 5.99. The number of unbranched alkanes of at least 4 members (excludes halogenated alkanes) is 1. The van der Waals surface area contributed by atoms with Crippen LogP contribution in [0, 0.1) is 6.92 Å². The number of carbonyl (C=O) groups excluding carboxylic acids is 1. The molecule has 8 nitrogen and oxygen atoms in total. The monoisotopic (exact) mass is 370 g/mol. The molecule has 144 valence electrons. The van der Waals surface area contributed by atoms with Gasteiger partial charge in [0.1, 0.15) is 11.5 Å².